The second kappa shape index (κ2) is 7.03. The summed E-state index contributed by atoms with van der Waals surface area (Å²) in [7, 11) is 0. The number of carbonyl (C=O) groups is 1. The van der Waals surface area contributed by atoms with Crippen LogP contribution in [0.5, 0.6) is 0 Å². The Balaban J connectivity index is 1.91. The molecule has 0 fully saturated rings. The van der Waals surface area contributed by atoms with Gasteiger partial charge in [0, 0.05) is 24.2 Å². The van der Waals surface area contributed by atoms with Crippen molar-refractivity contribution in [2.24, 2.45) is 0 Å². The maximum atomic E-state index is 12.6. The van der Waals surface area contributed by atoms with Crippen molar-refractivity contribution in [2.75, 3.05) is 0 Å². The third-order valence-electron chi connectivity index (χ3n) is 3.53. The minimum Gasteiger partial charge on any atom is -0.360 e. The Morgan fingerprint density at radius 3 is 2.54 bits per heavy atom. The summed E-state index contributed by atoms with van der Waals surface area (Å²) >= 11 is 12.4. The van der Waals surface area contributed by atoms with Gasteiger partial charge in [0.1, 0.15) is 17.0 Å². The van der Waals surface area contributed by atoms with Crippen molar-refractivity contribution in [3.05, 3.63) is 69.7 Å². The lowest BCUT2D eigenvalue weighted by molar-refractivity contribution is -0.378. The third-order valence-corrected chi connectivity index (χ3v) is 4.16. The summed E-state index contributed by atoms with van der Waals surface area (Å²) in [6.07, 6.45) is 3.59. The number of aromatic nitrogens is 2. The van der Waals surface area contributed by atoms with Crippen LogP contribution >= 0.6 is 23.2 Å². The number of H-pyrrole nitrogens is 1. The number of halogens is 2. The fourth-order valence-corrected chi connectivity index (χ4v) is 2.92. The summed E-state index contributed by atoms with van der Waals surface area (Å²) in [5, 5.41) is 7.64. The van der Waals surface area contributed by atoms with E-state index in [0.717, 1.165) is 5.56 Å². The molecule has 24 heavy (non-hydrogen) atoms. The normalized spacial score (nSPS) is 10.6. The number of benzene rings is 1. The molecule has 1 aromatic carbocycles. The summed E-state index contributed by atoms with van der Waals surface area (Å²) in [6.45, 7) is 2.06. The number of nitrogens with zero attached hydrogens (tertiary/aromatic N) is 1. The minimum absolute atomic E-state index is 0.299. The quantitative estimate of drug-likeness (QED) is 0.769. The molecular formula is C17H14Cl2N3O2+. The van der Waals surface area contributed by atoms with Gasteiger partial charge in [-0.15, -0.1) is 0 Å². The monoisotopic (exact) mass is 362 g/mol. The highest BCUT2D eigenvalue weighted by atomic mass is 35.5. The van der Waals surface area contributed by atoms with Gasteiger partial charge in [0.25, 0.3) is 5.91 Å². The average Bonchev–Trinajstić information content (AvgIpc) is 2.95. The molecule has 1 amide bonds. The van der Waals surface area contributed by atoms with Crippen LogP contribution in [-0.2, 0) is 6.54 Å². The highest BCUT2D eigenvalue weighted by Gasteiger charge is 2.24. The second-order valence-electron chi connectivity index (χ2n) is 5.15. The molecule has 5 nitrogen and oxygen atoms in total. The van der Waals surface area contributed by atoms with Crippen molar-refractivity contribution in [3.8, 4) is 11.3 Å². The predicted molar refractivity (Wildman–Crippen MR) is 90.9 cm³/mol. The van der Waals surface area contributed by atoms with Gasteiger partial charge in [-0.1, -0.05) is 34.4 Å². The Labute approximate surface area is 148 Å². The second-order valence-corrected chi connectivity index (χ2v) is 5.96. The molecule has 0 spiro atoms. The van der Waals surface area contributed by atoms with Crippen LogP contribution in [0.15, 0.2) is 47.2 Å². The molecule has 0 aliphatic rings. The van der Waals surface area contributed by atoms with Gasteiger partial charge < -0.3 is 9.84 Å². The molecule has 122 valence electrons. The van der Waals surface area contributed by atoms with E-state index in [0.29, 0.717) is 39.2 Å². The molecule has 0 atom stereocenters. The first-order valence-electron chi connectivity index (χ1n) is 7.21. The van der Waals surface area contributed by atoms with Gasteiger partial charge in [0.05, 0.1) is 10.0 Å². The summed E-state index contributed by atoms with van der Waals surface area (Å²) in [5.74, 6) is 0.104. The standard InChI is InChI=1S/C17H13Cl2N3O2/c1-10-14(17(23)21-9-11-5-7-20-8-6-11)16(22-24-10)15-12(18)3-2-4-13(15)19/h2-8H,9H2,1H3,(H,21,23)/p+1. The first kappa shape index (κ1) is 16.5. The van der Waals surface area contributed by atoms with Gasteiger partial charge in [-0.05, 0) is 24.6 Å². The highest BCUT2D eigenvalue weighted by Crippen LogP contribution is 2.36. The van der Waals surface area contributed by atoms with Crippen molar-refractivity contribution < 1.29 is 14.3 Å². The number of carbonyl (C=O) groups excluding carboxylic acids is 1. The molecule has 2 N–H and O–H groups in total. The van der Waals surface area contributed by atoms with E-state index >= 15 is 0 Å². The van der Waals surface area contributed by atoms with E-state index < -0.39 is 0 Å². The molecule has 3 rings (SSSR count). The highest BCUT2D eigenvalue weighted by molar-refractivity contribution is 6.39. The van der Waals surface area contributed by atoms with Crippen molar-refractivity contribution in [3.63, 3.8) is 0 Å². The summed E-state index contributed by atoms with van der Waals surface area (Å²) in [5.41, 5.74) is 2.11. The van der Waals surface area contributed by atoms with Crippen LogP contribution in [0.4, 0.5) is 0 Å². The zero-order valence-corrected chi connectivity index (χ0v) is 14.3. The van der Waals surface area contributed by atoms with Crippen molar-refractivity contribution in [1.29, 1.82) is 0 Å². The number of amides is 1. The maximum Gasteiger partial charge on any atom is 0.257 e. The van der Waals surface area contributed by atoms with Crippen LogP contribution in [0.3, 0.4) is 0 Å². The van der Waals surface area contributed by atoms with Crippen molar-refractivity contribution in [2.45, 2.75) is 13.5 Å². The van der Waals surface area contributed by atoms with Gasteiger partial charge in [-0.2, -0.15) is 0 Å². The fraction of sp³-hybridized carbons (Fsp3) is 0.118. The number of aryl methyl sites for hydroxylation is 1. The van der Waals surface area contributed by atoms with Gasteiger partial charge >= 0.3 is 0 Å². The zero-order valence-electron chi connectivity index (χ0n) is 12.8. The molecule has 0 bridgehead atoms. The van der Waals surface area contributed by atoms with Crippen LogP contribution < -0.4 is 10.3 Å². The van der Waals surface area contributed by atoms with E-state index in [1.54, 1.807) is 37.5 Å². The molecular weight excluding hydrogens is 349 g/mol. The number of aromatic amines is 1. The van der Waals surface area contributed by atoms with E-state index in [1.807, 2.05) is 12.1 Å². The lowest BCUT2D eigenvalue weighted by Gasteiger charge is -2.07. The molecule has 0 unspecified atom stereocenters. The zero-order chi connectivity index (χ0) is 17.1. The van der Waals surface area contributed by atoms with Gasteiger partial charge in [-0.25, -0.2) is 4.98 Å². The number of rotatable bonds is 4. The first-order chi connectivity index (χ1) is 11.6. The van der Waals surface area contributed by atoms with E-state index in [1.165, 1.54) is 0 Å². The lowest BCUT2D eigenvalue weighted by atomic mass is 10.1. The largest absolute Gasteiger partial charge is 0.360 e. The topological polar surface area (TPSA) is 69.3 Å². The Kier molecular flexibility index (Phi) is 4.83. The van der Waals surface area contributed by atoms with Crippen LogP contribution in [-0.4, -0.2) is 11.1 Å². The predicted octanol–water partition coefficient (Wildman–Crippen LogP) is 3.70. The summed E-state index contributed by atoms with van der Waals surface area (Å²) in [4.78, 5) is 15.5. The van der Waals surface area contributed by atoms with E-state index in [4.69, 9.17) is 27.7 Å². The van der Waals surface area contributed by atoms with Crippen LogP contribution in [0, 0.1) is 6.92 Å². The first-order valence-corrected chi connectivity index (χ1v) is 7.97. The Bertz CT molecular complexity index is 859. The Morgan fingerprint density at radius 1 is 1.21 bits per heavy atom. The minimum atomic E-state index is -0.299. The molecule has 0 saturated carbocycles. The molecule has 2 heterocycles. The van der Waals surface area contributed by atoms with E-state index in [2.05, 4.69) is 15.5 Å². The van der Waals surface area contributed by atoms with Crippen molar-refractivity contribution >= 4 is 29.1 Å². The molecule has 3 aromatic rings. The molecule has 0 aliphatic heterocycles. The Hall–Kier alpha value is -2.37. The lowest BCUT2D eigenvalue weighted by Crippen LogP contribution is -2.24. The smallest absolute Gasteiger partial charge is 0.257 e. The van der Waals surface area contributed by atoms with Gasteiger partial charge in [-0.3, -0.25) is 4.79 Å². The third kappa shape index (κ3) is 3.27. The number of hydrogen-bond acceptors (Lipinski definition) is 3. The Morgan fingerprint density at radius 2 is 1.88 bits per heavy atom. The van der Waals surface area contributed by atoms with Crippen LogP contribution in [0.2, 0.25) is 10.0 Å². The fourth-order valence-electron chi connectivity index (χ4n) is 2.34. The maximum absolute atomic E-state index is 12.6. The van der Waals surface area contributed by atoms with E-state index in [9.17, 15) is 4.79 Å². The molecule has 0 radical (unpaired) electrons. The van der Waals surface area contributed by atoms with Crippen LogP contribution in [0.1, 0.15) is 21.7 Å². The average molecular weight is 363 g/mol. The summed E-state index contributed by atoms with van der Waals surface area (Å²) < 4.78 is 5.20. The summed E-state index contributed by atoms with van der Waals surface area (Å²) in [6, 6.07) is 8.87. The number of nitrogens with one attached hydrogen (secondary N) is 2. The van der Waals surface area contributed by atoms with Crippen molar-refractivity contribution in [1.82, 2.24) is 10.5 Å². The van der Waals surface area contributed by atoms with Crippen LogP contribution in [0.25, 0.3) is 11.3 Å². The number of pyridine rings is 1. The molecule has 0 aliphatic carbocycles. The van der Waals surface area contributed by atoms with E-state index in [-0.39, 0.29) is 5.91 Å². The molecule has 7 heteroatoms. The number of hydrogen-bond donors (Lipinski definition) is 1. The SMILES string of the molecule is Cc1onc(-c2c(Cl)cccc2Cl)c1C(=O)NCc1cc[nH+]cc1. The van der Waals surface area contributed by atoms with Gasteiger partial charge in [0.15, 0.2) is 12.4 Å². The molecule has 0 saturated heterocycles. The molecule has 2 aromatic heterocycles. The van der Waals surface area contributed by atoms with Gasteiger partial charge in [0.2, 0.25) is 0 Å².